The van der Waals surface area contributed by atoms with Crippen molar-refractivity contribution in [2.75, 3.05) is 7.11 Å². The van der Waals surface area contributed by atoms with Gasteiger partial charge in [0.05, 0.1) is 12.7 Å². The van der Waals surface area contributed by atoms with E-state index in [0.29, 0.717) is 5.56 Å². The molecule has 3 nitrogen and oxygen atoms in total. The van der Waals surface area contributed by atoms with Gasteiger partial charge >= 0.3 is 5.97 Å². The monoisotopic (exact) mass is 301 g/mol. The van der Waals surface area contributed by atoms with Gasteiger partial charge in [0.2, 0.25) is 0 Å². The summed E-state index contributed by atoms with van der Waals surface area (Å²) in [4.78, 5) is 12.6. The molecule has 0 aliphatic carbocycles. The fourth-order valence-corrected chi connectivity index (χ4v) is 2.83. The number of carbonyl (C=O) groups is 1. The fraction of sp³-hybridized carbons (Fsp3) is 0.235. The number of rotatable bonds is 5. The zero-order chi connectivity index (χ0) is 15.2. The highest BCUT2D eigenvalue weighted by molar-refractivity contribution is 7.98. The molecule has 0 fully saturated rings. The molecular weight excluding hydrogens is 282 g/mol. The van der Waals surface area contributed by atoms with Crippen molar-refractivity contribution in [3.05, 3.63) is 65.2 Å². The minimum atomic E-state index is -0.307. The van der Waals surface area contributed by atoms with Gasteiger partial charge in [-0.1, -0.05) is 24.3 Å². The van der Waals surface area contributed by atoms with Gasteiger partial charge in [-0.3, -0.25) is 0 Å². The summed E-state index contributed by atoms with van der Waals surface area (Å²) in [6, 6.07) is 15.8. The molecule has 1 unspecified atom stereocenters. The topological polar surface area (TPSA) is 52.3 Å². The number of esters is 1. The molecule has 2 aromatic carbocycles. The molecule has 1 atom stereocenters. The summed E-state index contributed by atoms with van der Waals surface area (Å²) >= 11 is 1.75. The van der Waals surface area contributed by atoms with Crippen molar-refractivity contribution in [2.45, 2.75) is 23.6 Å². The minimum Gasteiger partial charge on any atom is -0.465 e. The fourth-order valence-electron chi connectivity index (χ4n) is 1.91. The highest BCUT2D eigenvalue weighted by Gasteiger charge is 2.05. The summed E-state index contributed by atoms with van der Waals surface area (Å²) in [5, 5.41) is 0. The Morgan fingerprint density at radius 2 is 1.95 bits per heavy atom. The maximum atomic E-state index is 11.4. The van der Waals surface area contributed by atoms with Crippen LogP contribution < -0.4 is 5.73 Å². The van der Waals surface area contributed by atoms with Gasteiger partial charge in [-0.25, -0.2) is 4.79 Å². The second-order valence-corrected chi connectivity index (χ2v) is 5.89. The van der Waals surface area contributed by atoms with E-state index in [2.05, 4.69) is 16.9 Å². The van der Waals surface area contributed by atoms with Gasteiger partial charge < -0.3 is 10.5 Å². The molecule has 0 radical (unpaired) electrons. The molecule has 0 heterocycles. The van der Waals surface area contributed by atoms with Crippen molar-refractivity contribution in [3.8, 4) is 0 Å². The number of hydrogen-bond donors (Lipinski definition) is 1. The molecule has 0 saturated heterocycles. The lowest BCUT2D eigenvalue weighted by molar-refractivity contribution is 0.0600. The molecule has 0 aliphatic rings. The Morgan fingerprint density at radius 3 is 2.57 bits per heavy atom. The summed E-state index contributed by atoms with van der Waals surface area (Å²) in [5.74, 6) is 0.544. The van der Waals surface area contributed by atoms with Crippen LogP contribution >= 0.6 is 11.8 Å². The molecule has 0 aliphatic heterocycles. The van der Waals surface area contributed by atoms with E-state index in [1.165, 1.54) is 17.6 Å². The Kier molecular flexibility index (Phi) is 5.42. The Hall–Kier alpha value is -1.78. The first-order valence-electron chi connectivity index (χ1n) is 6.75. The van der Waals surface area contributed by atoms with Crippen LogP contribution in [-0.4, -0.2) is 13.1 Å². The van der Waals surface area contributed by atoms with Crippen LogP contribution in [0, 0.1) is 0 Å². The lowest BCUT2D eigenvalue weighted by atomic mass is 10.1. The number of thioether (sulfide) groups is 1. The first kappa shape index (κ1) is 15.6. The van der Waals surface area contributed by atoms with Crippen LogP contribution in [0.2, 0.25) is 0 Å². The zero-order valence-corrected chi connectivity index (χ0v) is 13.0. The van der Waals surface area contributed by atoms with E-state index in [4.69, 9.17) is 5.73 Å². The highest BCUT2D eigenvalue weighted by atomic mass is 32.2. The average molecular weight is 301 g/mol. The number of carbonyl (C=O) groups excluding carboxylic acids is 1. The molecule has 0 amide bonds. The van der Waals surface area contributed by atoms with Crippen LogP contribution in [0.1, 0.15) is 34.5 Å². The molecule has 2 N–H and O–H groups in total. The van der Waals surface area contributed by atoms with E-state index in [1.807, 2.05) is 31.2 Å². The maximum Gasteiger partial charge on any atom is 0.337 e. The van der Waals surface area contributed by atoms with Gasteiger partial charge in [0.25, 0.3) is 0 Å². The minimum absolute atomic E-state index is 0.0462. The average Bonchev–Trinajstić information content (AvgIpc) is 2.53. The maximum absolute atomic E-state index is 11.4. The number of nitrogens with two attached hydrogens (primary N) is 1. The molecule has 0 saturated carbocycles. The standard InChI is InChI=1S/C17H19NO2S/c1-12(18)15-4-3-5-16(10-15)21-11-13-6-8-14(9-7-13)17(19)20-2/h3-10,12H,11,18H2,1-2H3. The second kappa shape index (κ2) is 7.29. The summed E-state index contributed by atoms with van der Waals surface area (Å²) in [7, 11) is 1.39. The van der Waals surface area contributed by atoms with E-state index in [9.17, 15) is 4.79 Å². The number of hydrogen-bond acceptors (Lipinski definition) is 4. The molecule has 2 rings (SSSR count). The highest BCUT2D eigenvalue weighted by Crippen LogP contribution is 2.25. The molecule has 0 bridgehead atoms. The smallest absolute Gasteiger partial charge is 0.337 e. The third-order valence-electron chi connectivity index (χ3n) is 3.16. The Labute approximate surface area is 129 Å². The van der Waals surface area contributed by atoms with Crippen molar-refractivity contribution in [1.82, 2.24) is 0 Å². The van der Waals surface area contributed by atoms with Crippen molar-refractivity contribution >= 4 is 17.7 Å². The summed E-state index contributed by atoms with van der Waals surface area (Å²) in [5.41, 5.74) is 8.77. The second-order valence-electron chi connectivity index (χ2n) is 4.84. The van der Waals surface area contributed by atoms with Crippen LogP contribution in [0.3, 0.4) is 0 Å². The summed E-state index contributed by atoms with van der Waals surface area (Å²) in [6.45, 7) is 1.98. The largest absolute Gasteiger partial charge is 0.465 e. The Morgan fingerprint density at radius 1 is 1.24 bits per heavy atom. The predicted octanol–water partition coefficient (Wildman–Crippen LogP) is 3.79. The van der Waals surface area contributed by atoms with Crippen molar-refractivity contribution in [3.63, 3.8) is 0 Å². The van der Waals surface area contributed by atoms with E-state index >= 15 is 0 Å². The third-order valence-corrected chi connectivity index (χ3v) is 4.23. The predicted molar refractivity (Wildman–Crippen MR) is 86.4 cm³/mol. The zero-order valence-electron chi connectivity index (χ0n) is 12.2. The lowest BCUT2D eigenvalue weighted by Crippen LogP contribution is -2.04. The lowest BCUT2D eigenvalue weighted by Gasteiger charge is -2.08. The SMILES string of the molecule is COC(=O)c1ccc(CSc2cccc(C(C)N)c2)cc1. The van der Waals surface area contributed by atoms with Crippen LogP contribution in [0.15, 0.2) is 53.4 Å². The molecule has 21 heavy (non-hydrogen) atoms. The van der Waals surface area contributed by atoms with Crippen LogP contribution in [0.5, 0.6) is 0 Å². The van der Waals surface area contributed by atoms with Gasteiger partial charge in [0.1, 0.15) is 0 Å². The van der Waals surface area contributed by atoms with Crippen LogP contribution in [-0.2, 0) is 10.5 Å². The van der Waals surface area contributed by atoms with Gasteiger partial charge in [0.15, 0.2) is 0 Å². The molecule has 0 spiro atoms. The normalized spacial score (nSPS) is 12.0. The molecule has 4 heteroatoms. The molecule has 0 aromatic heterocycles. The van der Waals surface area contributed by atoms with E-state index in [0.717, 1.165) is 11.3 Å². The van der Waals surface area contributed by atoms with E-state index in [1.54, 1.807) is 23.9 Å². The van der Waals surface area contributed by atoms with Gasteiger partial charge in [-0.2, -0.15) is 0 Å². The number of ether oxygens (including phenoxy) is 1. The van der Waals surface area contributed by atoms with Crippen molar-refractivity contribution in [1.29, 1.82) is 0 Å². The molecular formula is C17H19NO2S. The van der Waals surface area contributed by atoms with Gasteiger partial charge in [-0.05, 0) is 42.3 Å². The molecule has 2 aromatic rings. The number of benzene rings is 2. The quantitative estimate of drug-likeness (QED) is 0.674. The number of methoxy groups -OCH3 is 1. The summed E-state index contributed by atoms with van der Waals surface area (Å²) < 4.78 is 4.68. The first-order chi connectivity index (χ1) is 10.1. The first-order valence-corrected chi connectivity index (χ1v) is 7.74. The van der Waals surface area contributed by atoms with Crippen LogP contribution in [0.4, 0.5) is 0 Å². The van der Waals surface area contributed by atoms with Gasteiger partial charge in [0, 0.05) is 16.7 Å². The molecule has 110 valence electrons. The Balaban J connectivity index is 2.00. The van der Waals surface area contributed by atoms with Crippen molar-refractivity contribution in [2.24, 2.45) is 5.73 Å². The summed E-state index contributed by atoms with van der Waals surface area (Å²) in [6.07, 6.45) is 0. The van der Waals surface area contributed by atoms with Crippen LogP contribution in [0.25, 0.3) is 0 Å². The van der Waals surface area contributed by atoms with Crippen molar-refractivity contribution < 1.29 is 9.53 Å². The Bertz CT molecular complexity index is 608. The van der Waals surface area contributed by atoms with Gasteiger partial charge in [-0.15, -0.1) is 11.8 Å². The van der Waals surface area contributed by atoms with E-state index < -0.39 is 0 Å². The van der Waals surface area contributed by atoms with E-state index in [-0.39, 0.29) is 12.0 Å². The third kappa shape index (κ3) is 4.34.